The molecule has 2 aromatic rings. The number of hydrogen-bond donors (Lipinski definition) is 0. The van der Waals surface area contributed by atoms with Gasteiger partial charge in [-0.1, -0.05) is 79.4 Å². The first kappa shape index (κ1) is 19.7. The van der Waals surface area contributed by atoms with Crippen LogP contribution in [0.2, 0.25) is 0 Å². The van der Waals surface area contributed by atoms with Gasteiger partial charge in [-0.05, 0) is 37.3 Å². The highest BCUT2D eigenvalue weighted by atomic mass is 16.2. The maximum Gasteiger partial charge on any atom is 0.250 e. The van der Waals surface area contributed by atoms with Crippen LogP contribution in [0.5, 0.6) is 0 Å². The number of aryl methyl sites for hydroxylation is 1. The summed E-state index contributed by atoms with van der Waals surface area (Å²) in [6.45, 7) is 2.82. The standard InChI is InChI=1S/C25H30N2O2/c1-19-12-14-21(15-13-19)24-25(29)27(22-10-6-3-7-11-22)18-23(28)26(24)17-16-20-8-4-2-5-9-20/h2,4-5,8-9,12-15,22,24H,3,6-7,10-11,16-18H2,1H3/t24-/m1/s1. The van der Waals surface area contributed by atoms with Crippen molar-refractivity contribution in [2.24, 2.45) is 0 Å². The van der Waals surface area contributed by atoms with Crippen molar-refractivity contribution in [3.8, 4) is 0 Å². The molecule has 0 bridgehead atoms. The smallest absolute Gasteiger partial charge is 0.250 e. The topological polar surface area (TPSA) is 40.6 Å². The first-order chi connectivity index (χ1) is 14.1. The zero-order chi connectivity index (χ0) is 20.2. The lowest BCUT2D eigenvalue weighted by molar-refractivity contribution is -0.159. The molecule has 2 aromatic carbocycles. The Morgan fingerprint density at radius 1 is 0.897 bits per heavy atom. The fraction of sp³-hybridized carbons (Fsp3) is 0.440. The Bertz CT molecular complexity index is 841. The molecule has 2 amide bonds. The third-order valence-electron chi connectivity index (χ3n) is 6.35. The zero-order valence-electron chi connectivity index (χ0n) is 17.2. The van der Waals surface area contributed by atoms with Gasteiger partial charge < -0.3 is 9.80 Å². The SMILES string of the molecule is Cc1ccc([C@@H]2C(=O)N(C3CCCCC3)CC(=O)N2CCc2ccccc2)cc1. The van der Waals surface area contributed by atoms with Gasteiger partial charge in [0.25, 0.3) is 5.91 Å². The van der Waals surface area contributed by atoms with Crippen molar-refractivity contribution >= 4 is 11.8 Å². The molecule has 0 radical (unpaired) electrons. The van der Waals surface area contributed by atoms with E-state index in [4.69, 9.17) is 0 Å². The fourth-order valence-electron chi connectivity index (χ4n) is 4.67. The van der Waals surface area contributed by atoms with Crippen LogP contribution in [0.1, 0.15) is 54.8 Å². The average Bonchev–Trinajstić information content (AvgIpc) is 2.76. The van der Waals surface area contributed by atoms with Crippen LogP contribution < -0.4 is 0 Å². The number of carbonyl (C=O) groups is 2. The monoisotopic (exact) mass is 390 g/mol. The zero-order valence-corrected chi connectivity index (χ0v) is 17.2. The molecule has 0 spiro atoms. The molecular weight excluding hydrogens is 360 g/mol. The Morgan fingerprint density at radius 3 is 2.28 bits per heavy atom. The molecule has 2 fully saturated rings. The van der Waals surface area contributed by atoms with E-state index in [1.807, 2.05) is 54.3 Å². The molecule has 1 saturated carbocycles. The van der Waals surface area contributed by atoms with E-state index in [0.717, 1.165) is 43.2 Å². The lowest BCUT2D eigenvalue weighted by Gasteiger charge is -2.44. The van der Waals surface area contributed by atoms with Gasteiger partial charge in [-0.3, -0.25) is 9.59 Å². The van der Waals surface area contributed by atoms with Crippen molar-refractivity contribution < 1.29 is 9.59 Å². The third kappa shape index (κ3) is 4.36. The van der Waals surface area contributed by atoms with Gasteiger partial charge in [0.15, 0.2) is 0 Å². The number of piperazine rings is 1. The van der Waals surface area contributed by atoms with Crippen LogP contribution in [-0.4, -0.2) is 40.7 Å². The molecular formula is C25H30N2O2. The van der Waals surface area contributed by atoms with Gasteiger partial charge in [0.05, 0.1) is 0 Å². The van der Waals surface area contributed by atoms with Gasteiger partial charge in [0, 0.05) is 12.6 Å². The van der Waals surface area contributed by atoms with Crippen LogP contribution in [0.3, 0.4) is 0 Å². The summed E-state index contributed by atoms with van der Waals surface area (Å²) in [4.78, 5) is 30.5. The molecule has 2 aliphatic rings. The molecule has 4 nitrogen and oxygen atoms in total. The largest absolute Gasteiger partial charge is 0.328 e. The summed E-state index contributed by atoms with van der Waals surface area (Å²) in [5.41, 5.74) is 3.26. The first-order valence-electron chi connectivity index (χ1n) is 10.8. The van der Waals surface area contributed by atoms with E-state index < -0.39 is 6.04 Å². The number of benzene rings is 2. The number of nitrogens with zero attached hydrogens (tertiary/aromatic N) is 2. The molecule has 4 rings (SSSR count). The van der Waals surface area contributed by atoms with Gasteiger partial charge >= 0.3 is 0 Å². The minimum absolute atomic E-state index is 0.0664. The van der Waals surface area contributed by atoms with Crippen molar-refractivity contribution in [2.75, 3.05) is 13.1 Å². The van der Waals surface area contributed by atoms with Crippen LogP contribution in [-0.2, 0) is 16.0 Å². The summed E-state index contributed by atoms with van der Waals surface area (Å²) in [5.74, 6) is 0.157. The number of carbonyl (C=O) groups excluding carboxylic acids is 2. The first-order valence-corrected chi connectivity index (χ1v) is 10.8. The molecule has 152 valence electrons. The van der Waals surface area contributed by atoms with E-state index in [1.165, 1.54) is 12.0 Å². The second-order valence-electron chi connectivity index (χ2n) is 8.39. The highest BCUT2D eigenvalue weighted by molar-refractivity contribution is 5.95. The Balaban J connectivity index is 1.60. The Morgan fingerprint density at radius 2 is 1.59 bits per heavy atom. The van der Waals surface area contributed by atoms with Crippen LogP contribution >= 0.6 is 0 Å². The number of amides is 2. The number of hydrogen-bond acceptors (Lipinski definition) is 2. The summed E-state index contributed by atoms with van der Waals surface area (Å²) in [7, 11) is 0. The van der Waals surface area contributed by atoms with Crippen molar-refractivity contribution in [3.63, 3.8) is 0 Å². The summed E-state index contributed by atoms with van der Waals surface area (Å²) in [6.07, 6.45) is 6.32. The van der Waals surface area contributed by atoms with Crippen LogP contribution in [0.25, 0.3) is 0 Å². The van der Waals surface area contributed by atoms with Gasteiger partial charge in [-0.2, -0.15) is 0 Å². The molecule has 4 heteroatoms. The maximum atomic E-state index is 13.6. The normalized spacial score (nSPS) is 20.9. The van der Waals surface area contributed by atoms with Crippen LogP contribution in [0, 0.1) is 6.92 Å². The average molecular weight is 391 g/mol. The molecule has 1 aliphatic carbocycles. The van der Waals surface area contributed by atoms with Crippen molar-refractivity contribution in [1.29, 1.82) is 0 Å². The minimum Gasteiger partial charge on any atom is -0.328 e. The van der Waals surface area contributed by atoms with Crippen molar-refractivity contribution in [2.45, 2.75) is 57.5 Å². The Labute approximate surface area is 173 Å². The summed E-state index contributed by atoms with van der Waals surface area (Å²) in [5, 5.41) is 0. The van der Waals surface area contributed by atoms with E-state index in [1.54, 1.807) is 4.90 Å². The van der Waals surface area contributed by atoms with E-state index in [2.05, 4.69) is 12.1 Å². The fourth-order valence-corrected chi connectivity index (χ4v) is 4.67. The molecule has 1 heterocycles. The molecule has 0 unspecified atom stereocenters. The lowest BCUT2D eigenvalue weighted by Crippen LogP contribution is -2.58. The van der Waals surface area contributed by atoms with Gasteiger partial charge in [-0.15, -0.1) is 0 Å². The van der Waals surface area contributed by atoms with Crippen molar-refractivity contribution in [3.05, 3.63) is 71.3 Å². The Hall–Kier alpha value is -2.62. The molecule has 0 aromatic heterocycles. The van der Waals surface area contributed by atoms with E-state index in [9.17, 15) is 9.59 Å². The van der Waals surface area contributed by atoms with Gasteiger partial charge in [0.1, 0.15) is 12.6 Å². The van der Waals surface area contributed by atoms with E-state index in [0.29, 0.717) is 6.54 Å². The second kappa shape index (κ2) is 8.81. The van der Waals surface area contributed by atoms with E-state index in [-0.39, 0.29) is 24.4 Å². The lowest BCUT2D eigenvalue weighted by atomic mass is 9.91. The predicted molar refractivity (Wildman–Crippen MR) is 114 cm³/mol. The van der Waals surface area contributed by atoms with E-state index >= 15 is 0 Å². The van der Waals surface area contributed by atoms with Crippen molar-refractivity contribution in [1.82, 2.24) is 9.80 Å². The predicted octanol–water partition coefficient (Wildman–Crippen LogP) is 4.28. The van der Waals surface area contributed by atoms with Gasteiger partial charge in [0.2, 0.25) is 5.91 Å². The molecule has 1 aliphatic heterocycles. The summed E-state index contributed by atoms with van der Waals surface area (Å²) in [6, 6.07) is 17.9. The van der Waals surface area contributed by atoms with Crippen LogP contribution in [0.15, 0.2) is 54.6 Å². The minimum atomic E-state index is -0.512. The molecule has 0 N–H and O–H groups in total. The molecule has 1 atom stereocenters. The molecule has 1 saturated heterocycles. The quantitative estimate of drug-likeness (QED) is 0.764. The second-order valence-corrected chi connectivity index (χ2v) is 8.39. The third-order valence-corrected chi connectivity index (χ3v) is 6.35. The summed E-state index contributed by atoms with van der Waals surface area (Å²) < 4.78 is 0. The highest BCUT2D eigenvalue weighted by Gasteiger charge is 2.42. The maximum absolute atomic E-state index is 13.6. The summed E-state index contributed by atoms with van der Waals surface area (Å²) >= 11 is 0. The van der Waals surface area contributed by atoms with Gasteiger partial charge in [-0.25, -0.2) is 0 Å². The van der Waals surface area contributed by atoms with Crippen LogP contribution in [0.4, 0.5) is 0 Å². The number of rotatable bonds is 5. The molecule has 29 heavy (non-hydrogen) atoms. The Kier molecular flexibility index (Phi) is 5.98. The highest BCUT2D eigenvalue weighted by Crippen LogP contribution is 2.32.